The first-order chi connectivity index (χ1) is 12.8. The summed E-state index contributed by atoms with van der Waals surface area (Å²) in [5.41, 5.74) is 3.51. The van der Waals surface area contributed by atoms with E-state index in [2.05, 4.69) is 41.7 Å². The van der Waals surface area contributed by atoms with Crippen LogP contribution in [0.5, 0.6) is 11.5 Å². The zero-order valence-electron chi connectivity index (χ0n) is 15.2. The second-order valence-electron chi connectivity index (χ2n) is 6.01. The monoisotopic (exact) mass is 347 g/mol. The van der Waals surface area contributed by atoms with E-state index >= 15 is 0 Å². The third-order valence-corrected chi connectivity index (χ3v) is 4.10. The number of hydrogen-bond donors (Lipinski definition) is 1. The highest BCUT2D eigenvalue weighted by Crippen LogP contribution is 2.24. The maximum absolute atomic E-state index is 5.84. The first-order valence-corrected chi connectivity index (χ1v) is 9.06. The lowest BCUT2D eigenvalue weighted by molar-refractivity contribution is 0.322. The van der Waals surface area contributed by atoms with Crippen LogP contribution in [0.2, 0.25) is 0 Å². The van der Waals surface area contributed by atoms with Gasteiger partial charge >= 0.3 is 0 Å². The Morgan fingerprint density at radius 3 is 2.23 bits per heavy atom. The lowest BCUT2D eigenvalue weighted by atomic mass is 10.2. The van der Waals surface area contributed by atoms with E-state index in [0.717, 1.165) is 30.2 Å². The van der Waals surface area contributed by atoms with Crippen molar-refractivity contribution in [3.8, 4) is 11.5 Å². The quantitative estimate of drug-likeness (QED) is 0.568. The molecule has 0 aliphatic carbocycles. The van der Waals surface area contributed by atoms with Crippen molar-refractivity contribution >= 4 is 5.69 Å². The molecule has 26 heavy (non-hydrogen) atoms. The summed E-state index contributed by atoms with van der Waals surface area (Å²) in [5.74, 6) is 1.79. The topological polar surface area (TPSA) is 30.5 Å². The van der Waals surface area contributed by atoms with E-state index in [1.54, 1.807) is 0 Å². The van der Waals surface area contributed by atoms with Crippen LogP contribution in [-0.4, -0.2) is 13.2 Å². The van der Waals surface area contributed by atoms with E-state index in [0.29, 0.717) is 13.2 Å². The van der Waals surface area contributed by atoms with Gasteiger partial charge in [0.2, 0.25) is 0 Å². The van der Waals surface area contributed by atoms with E-state index < -0.39 is 0 Å². The Hall–Kier alpha value is -2.94. The van der Waals surface area contributed by atoms with E-state index in [1.807, 2.05) is 49.4 Å². The Balaban J connectivity index is 1.48. The summed E-state index contributed by atoms with van der Waals surface area (Å²) >= 11 is 0. The molecule has 0 amide bonds. The summed E-state index contributed by atoms with van der Waals surface area (Å²) in [6.45, 7) is 4.08. The van der Waals surface area contributed by atoms with Gasteiger partial charge in [-0.1, -0.05) is 54.6 Å². The van der Waals surface area contributed by atoms with Crippen LogP contribution >= 0.6 is 0 Å². The molecule has 0 bridgehead atoms. The molecule has 1 N–H and O–H groups in total. The van der Waals surface area contributed by atoms with Gasteiger partial charge in [-0.05, 0) is 42.3 Å². The van der Waals surface area contributed by atoms with Gasteiger partial charge < -0.3 is 14.8 Å². The second kappa shape index (κ2) is 9.52. The van der Waals surface area contributed by atoms with Gasteiger partial charge in [0.25, 0.3) is 0 Å². The van der Waals surface area contributed by atoms with Gasteiger partial charge in [-0.25, -0.2) is 0 Å². The molecule has 0 aliphatic rings. The number of anilines is 1. The molecule has 0 heterocycles. The fourth-order valence-electron chi connectivity index (χ4n) is 2.73. The van der Waals surface area contributed by atoms with Crippen LogP contribution in [0.15, 0.2) is 78.9 Å². The van der Waals surface area contributed by atoms with Crippen LogP contribution in [0, 0.1) is 0 Å². The van der Waals surface area contributed by atoms with E-state index in [9.17, 15) is 0 Å². The zero-order valence-corrected chi connectivity index (χ0v) is 15.2. The number of para-hydroxylation sites is 2. The highest BCUT2D eigenvalue weighted by Gasteiger charge is 2.02. The Morgan fingerprint density at radius 1 is 0.731 bits per heavy atom. The molecule has 3 nitrogen and oxygen atoms in total. The number of hydrogen-bond acceptors (Lipinski definition) is 3. The normalized spacial score (nSPS) is 10.3. The summed E-state index contributed by atoms with van der Waals surface area (Å²) in [5, 5.41) is 3.43. The van der Waals surface area contributed by atoms with Gasteiger partial charge in [-0.3, -0.25) is 0 Å². The highest BCUT2D eigenvalue weighted by atomic mass is 16.5. The molecule has 0 aromatic heterocycles. The van der Waals surface area contributed by atoms with Crippen molar-refractivity contribution in [2.24, 2.45) is 0 Å². The maximum Gasteiger partial charge on any atom is 0.142 e. The average molecular weight is 347 g/mol. The second-order valence-corrected chi connectivity index (χ2v) is 6.01. The summed E-state index contributed by atoms with van der Waals surface area (Å²) in [6, 6.07) is 26.6. The first kappa shape index (κ1) is 17.9. The Kier molecular flexibility index (Phi) is 6.54. The standard InChI is InChI=1S/C23H25NO2/c1-2-25-23-11-7-6-10-22(23)24-18-20-12-14-21(15-13-20)26-17-16-19-8-4-3-5-9-19/h3-15,24H,2,16-18H2,1H3. The van der Waals surface area contributed by atoms with Gasteiger partial charge in [0.1, 0.15) is 11.5 Å². The molecule has 3 aromatic carbocycles. The molecule has 0 saturated carbocycles. The van der Waals surface area contributed by atoms with Crippen molar-refractivity contribution in [1.82, 2.24) is 0 Å². The molecule has 3 rings (SSSR count). The smallest absolute Gasteiger partial charge is 0.142 e. The van der Waals surface area contributed by atoms with Crippen molar-refractivity contribution < 1.29 is 9.47 Å². The van der Waals surface area contributed by atoms with Crippen molar-refractivity contribution in [2.45, 2.75) is 19.9 Å². The van der Waals surface area contributed by atoms with Gasteiger partial charge in [0, 0.05) is 13.0 Å². The van der Waals surface area contributed by atoms with Crippen molar-refractivity contribution in [3.05, 3.63) is 90.0 Å². The Morgan fingerprint density at radius 2 is 1.46 bits per heavy atom. The minimum absolute atomic E-state index is 0.660. The first-order valence-electron chi connectivity index (χ1n) is 9.06. The molecule has 0 fully saturated rings. The van der Waals surface area contributed by atoms with Gasteiger partial charge in [0.05, 0.1) is 18.9 Å². The van der Waals surface area contributed by atoms with Crippen molar-refractivity contribution in [2.75, 3.05) is 18.5 Å². The lowest BCUT2D eigenvalue weighted by Crippen LogP contribution is -2.03. The molecule has 0 spiro atoms. The number of benzene rings is 3. The molecular formula is C23H25NO2. The molecule has 0 radical (unpaired) electrons. The molecule has 3 aromatic rings. The lowest BCUT2D eigenvalue weighted by Gasteiger charge is -2.12. The van der Waals surface area contributed by atoms with E-state index in [-0.39, 0.29) is 0 Å². The molecular weight excluding hydrogens is 322 g/mol. The van der Waals surface area contributed by atoms with Crippen LogP contribution in [0.1, 0.15) is 18.1 Å². The maximum atomic E-state index is 5.84. The van der Waals surface area contributed by atoms with Crippen molar-refractivity contribution in [3.63, 3.8) is 0 Å². The predicted octanol–water partition coefficient (Wildman–Crippen LogP) is 5.32. The van der Waals surface area contributed by atoms with E-state index in [1.165, 1.54) is 11.1 Å². The predicted molar refractivity (Wildman–Crippen MR) is 107 cm³/mol. The molecule has 0 unspecified atom stereocenters. The molecule has 134 valence electrons. The molecule has 0 aliphatic heterocycles. The van der Waals surface area contributed by atoms with Gasteiger partial charge in [-0.15, -0.1) is 0 Å². The number of ether oxygens (including phenoxy) is 2. The minimum Gasteiger partial charge on any atom is -0.493 e. The largest absolute Gasteiger partial charge is 0.493 e. The third kappa shape index (κ3) is 5.28. The number of nitrogens with one attached hydrogen (secondary N) is 1. The minimum atomic E-state index is 0.660. The average Bonchev–Trinajstić information content (AvgIpc) is 2.69. The summed E-state index contributed by atoms with van der Waals surface area (Å²) in [6.07, 6.45) is 0.915. The van der Waals surface area contributed by atoms with E-state index in [4.69, 9.17) is 9.47 Å². The van der Waals surface area contributed by atoms with Crippen molar-refractivity contribution in [1.29, 1.82) is 0 Å². The summed E-state index contributed by atoms with van der Waals surface area (Å²) < 4.78 is 11.5. The number of rotatable bonds is 9. The Labute approximate surface area is 155 Å². The zero-order chi connectivity index (χ0) is 18.0. The van der Waals surface area contributed by atoms with Gasteiger partial charge in [0.15, 0.2) is 0 Å². The van der Waals surface area contributed by atoms with Crippen LogP contribution in [0.3, 0.4) is 0 Å². The fourth-order valence-corrected chi connectivity index (χ4v) is 2.73. The fraction of sp³-hybridized carbons (Fsp3) is 0.217. The van der Waals surface area contributed by atoms with Crippen LogP contribution < -0.4 is 14.8 Å². The van der Waals surface area contributed by atoms with Crippen LogP contribution in [0.25, 0.3) is 0 Å². The molecule has 0 saturated heterocycles. The molecule has 0 atom stereocenters. The Bertz CT molecular complexity index is 785. The molecule has 3 heteroatoms. The summed E-state index contributed by atoms with van der Waals surface area (Å²) in [7, 11) is 0. The third-order valence-electron chi connectivity index (χ3n) is 4.10. The SMILES string of the molecule is CCOc1ccccc1NCc1ccc(OCCc2ccccc2)cc1. The highest BCUT2D eigenvalue weighted by molar-refractivity contribution is 5.56. The van der Waals surface area contributed by atoms with Crippen LogP contribution in [-0.2, 0) is 13.0 Å². The summed E-state index contributed by atoms with van der Waals surface area (Å²) in [4.78, 5) is 0. The van der Waals surface area contributed by atoms with Gasteiger partial charge in [-0.2, -0.15) is 0 Å². The van der Waals surface area contributed by atoms with Crippen LogP contribution in [0.4, 0.5) is 5.69 Å².